The molecule has 0 spiro atoms. The number of halogens is 3. The molecular formula is C24H21F3N4OS. The van der Waals surface area contributed by atoms with E-state index < -0.39 is 11.6 Å². The van der Waals surface area contributed by atoms with Crippen molar-refractivity contribution in [3.63, 3.8) is 0 Å². The Balaban J connectivity index is 1.43. The van der Waals surface area contributed by atoms with Crippen molar-refractivity contribution in [3.8, 4) is 10.4 Å². The van der Waals surface area contributed by atoms with Crippen molar-refractivity contribution in [2.45, 2.75) is 38.6 Å². The van der Waals surface area contributed by atoms with Gasteiger partial charge in [0, 0.05) is 31.1 Å². The maximum Gasteiger partial charge on any atom is 0.274 e. The maximum absolute atomic E-state index is 13.6. The summed E-state index contributed by atoms with van der Waals surface area (Å²) in [6.45, 7) is 2.43. The smallest absolute Gasteiger partial charge is 0.274 e. The van der Waals surface area contributed by atoms with Crippen LogP contribution in [0.5, 0.6) is 0 Å². The molecule has 5 rings (SSSR count). The normalized spacial score (nSPS) is 16.5. The van der Waals surface area contributed by atoms with Gasteiger partial charge in [0.25, 0.3) is 5.91 Å². The predicted molar refractivity (Wildman–Crippen MR) is 121 cm³/mol. The Morgan fingerprint density at radius 3 is 2.67 bits per heavy atom. The van der Waals surface area contributed by atoms with E-state index in [-0.39, 0.29) is 17.8 Å². The summed E-state index contributed by atoms with van der Waals surface area (Å²) in [5.74, 6) is -1.80. The summed E-state index contributed by atoms with van der Waals surface area (Å²) in [7, 11) is 0. The van der Waals surface area contributed by atoms with Crippen molar-refractivity contribution in [1.82, 2.24) is 19.9 Å². The lowest BCUT2D eigenvalue weighted by molar-refractivity contribution is 0.0607. The number of imidazole rings is 1. The van der Waals surface area contributed by atoms with Crippen molar-refractivity contribution < 1.29 is 18.0 Å². The molecule has 1 atom stereocenters. The van der Waals surface area contributed by atoms with Crippen LogP contribution in [0.25, 0.3) is 21.5 Å². The molecule has 0 saturated carbocycles. The molecule has 3 heterocycles. The average molecular weight is 471 g/mol. The number of rotatable bonds is 4. The van der Waals surface area contributed by atoms with Gasteiger partial charge < -0.3 is 9.88 Å². The first-order valence-electron chi connectivity index (χ1n) is 10.8. The van der Waals surface area contributed by atoms with E-state index >= 15 is 0 Å². The fourth-order valence-corrected chi connectivity index (χ4v) is 5.28. The number of nitrogens with one attached hydrogen (secondary N) is 1. The lowest BCUT2D eigenvalue weighted by Gasteiger charge is -2.35. The van der Waals surface area contributed by atoms with Gasteiger partial charge in [0.1, 0.15) is 17.3 Å². The summed E-state index contributed by atoms with van der Waals surface area (Å²) in [4.78, 5) is 28.1. The molecule has 1 saturated heterocycles. The third-order valence-electron chi connectivity index (χ3n) is 5.93. The van der Waals surface area contributed by atoms with Gasteiger partial charge in [-0.25, -0.2) is 23.1 Å². The van der Waals surface area contributed by atoms with Crippen LogP contribution in [0.2, 0.25) is 0 Å². The predicted octanol–water partition coefficient (Wildman–Crippen LogP) is 5.65. The number of H-pyrrole nitrogens is 1. The summed E-state index contributed by atoms with van der Waals surface area (Å²) >= 11 is 1.41. The molecule has 0 aliphatic carbocycles. The van der Waals surface area contributed by atoms with Crippen LogP contribution in [0.4, 0.5) is 13.2 Å². The number of aromatic nitrogens is 3. The molecule has 2 aromatic heterocycles. The zero-order valence-electron chi connectivity index (χ0n) is 17.9. The van der Waals surface area contributed by atoms with Crippen LogP contribution in [-0.4, -0.2) is 38.3 Å². The number of aromatic amines is 1. The minimum Gasteiger partial charge on any atom is -0.342 e. The number of hydrogen-bond acceptors (Lipinski definition) is 4. The lowest BCUT2D eigenvalue weighted by Crippen LogP contribution is -2.45. The Morgan fingerprint density at radius 1 is 1.12 bits per heavy atom. The molecule has 2 aromatic carbocycles. The van der Waals surface area contributed by atoms with Gasteiger partial charge in [-0.2, -0.15) is 0 Å². The fourth-order valence-electron chi connectivity index (χ4n) is 4.36. The van der Waals surface area contributed by atoms with Gasteiger partial charge in [-0.3, -0.25) is 4.79 Å². The minimum absolute atomic E-state index is 0.121. The molecule has 1 fully saturated rings. The molecule has 5 nitrogen and oxygen atoms in total. The van der Waals surface area contributed by atoms with E-state index in [0.29, 0.717) is 35.5 Å². The van der Waals surface area contributed by atoms with Crippen LogP contribution in [0, 0.1) is 24.4 Å². The molecule has 0 unspecified atom stereocenters. The van der Waals surface area contributed by atoms with Crippen molar-refractivity contribution in [3.05, 3.63) is 70.4 Å². The highest BCUT2D eigenvalue weighted by Crippen LogP contribution is 2.33. The number of likely N-dealkylation sites (tertiary alicyclic amines) is 1. The Morgan fingerprint density at radius 2 is 1.88 bits per heavy atom. The topological polar surface area (TPSA) is 61.9 Å². The first-order chi connectivity index (χ1) is 15.9. The van der Waals surface area contributed by atoms with E-state index in [4.69, 9.17) is 0 Å². The van der Waals surface area contributed by atoms with Crippen molar-refractivity contribution in [2.75, 3.05) is 6.54 Å². The Bertz CT molecular complexity index is 1290. The third kappa shape index (κ3) is 4.25. The molecule has 170 valence electrons. The van der Waals surface area contributed by atoms with Crippen molar-refractivity contribution in [1.29, 1.82) is 0 Å². The van der Waals surface area contributed by atoms with Crippen LogP contribution >= 0.6 is 11.3 Å². The largest absolute Gasteiger partial charge is 0.342 e. The van der Waals surface area contributed by atoms with Gasteiger partial charge in [0.15, 0.2) is 11.6 Å². The standard InChI is InChI=1S/C24H21F3N4OS/c1-13-28-22(23(33-13)14-5-7-15(25)8-6-14)24(32)31-9-3-2-4-16(31)10-21-29-19-11-17(26)18(27)12-20(19)30-21/h5-8,11-12,16H,2-4,9-10H2,1H3,(H,29,30)/t16-/m1/s1. The van der Waals surface area contributed by atoms with Crippen LogP contribution < -0.4 is 0 Å². The molecule has 4 aromatic rings. The summed E-state index contributed by atoms with van der Waals surface area (Å²) in [5, 5.41) is 0.757. The highest BCUT2D eigenvalue weighted by molar-refractivity contribution is 7.15. The number of carbonyl (C=O) groups is 1. The SMILES string of the molecule is Cc1nc(C(=O)N2CCCC[C@@H]2Cc2nc3cc(F)c(F)cc3[nH]2)c(-c2ccc(F)cc2)s1. The van der Waals surface area contributed by atoms with E-state index in [1.807, 2.05) is 11.8 Å². The highest BCUT2D eigenvalue weighted by atomic mass is 32.1. The molecule has 9 heteroatoms. The maximum atomic E-state index is 13.6. The van der Waals surface area contributed by atoms with E-state index in [0.717, 1.165) is 46.8 Å². The van der Waals surface area contributed by atoms with Gasteiger partial charge in [-0.05, 0) is 43.9 Å². The molecule has 1 aliphatic rings. The number of carbonyl (C=O) groups excluding carboxylic acids is 1. The lowest BCUT2D eigenvalue weighted by atomic mass is 9.98. The number of hydrogen-bond donors (Lipinski definition) is 1. The fraction of sp³-hybridized carbons (Fsp3) is 0.292. The van der Waals surface area contributed by atoms with Gasteiger partial charge >= 0.3 is 0 Å². The van der Waals surface area contributed by atoms with E-state index in [1.165, 1.54) is 23.5 Å². The number of fused-ring (bicyclic) bond motifs is 1. The minimum atomic E-state index is -0.942. The van der Waals surface area contributed by atoms with Crippen LogP contribution in [0.15, 0.2) is 36.4 Å². The van der Waals surface area contributed by atoms with Crippen molar-refractivity contribution in [2.24, 2.45) is 0 Å². The molecule has 1 aliphatic heterocycles. The number of amides is 1. The third-order valence-corrected chi connectivity index (χ3v) is 6.95. The number of benzene rings is 2. The second-order valence-electron chi connectivity index (χ2n) is 8.24. The van der Waals surface area contributed by atoms with Crippen LogP contribution in [-0.2, 0) is 6.42 Å². The van der Waals surface area contributed by atoms with Gasteiger partial charge in [-0.1, -0.05) is 12.1 Å². The molecule has 1 amide bonds. The summed E-state index contributed by atoms with van der Waals surface area (Å²) in [6, 6.07) is 8.09. The molecule has 0 bridgehead atoms. The zero-order chi connectivity index (χ0) is 23.1. The number of aryl methyl sites for hydroxylation is 1. The monoisotopic (exact) mass is 470 g/mol. The second kappa shape index (κ2) is 8.62. The molecular weight excluding hydrogens is 449 g/mol. The van der Waals surface area contributed by atoms with E-state index in [2.05, 4.69) is 15.0 Å². The van der Waals surface area contributed by atoms with Crippen LogP contribution in [0.3, 0.4) is 0 Å². The first-order valence-corrected chi connectivity index (χ1v) is 11.6. The van der Waals surface area contributed by atoms with Crippen LogP contribution in [0.1, 0.15) is 40.6 Å². The van der Waals surface area contributed by atoms with Gasteiger partial charge in [0.2, 0.25) is 0 Å². The van der Waals surface area contributed by atoms with E-state index in [9.17, 15) is 18.0 Å². The molecule has 33 heavy (non-hydrogen) atoms. The number of piperidine rings is 1. The number of thiazole rings is 1. The Labute approximate surface area is 192 Å². The quantitative estimate of drug-likeness (QED) is 0.419. The Kier molecular flexibility index (Phi) is 5.65. The van der Waals surface area contributed by atoms with E-state index in [1.54, 1.807) is 12.1 Å². The zero-order valence-corrected chi connectivity index (χ0v) is 18.7. The summed E-state index contributed by atoms with van der Waals surface area (Å²) in [5.41, 5.74) is 1.89. The molecule has 0 radical (unpaired) electrons. The second-order valence-corrected chi connectivity index (χ2v) is 9.44. The van der Waals surface area contributed by atoms with Gasteiger partial charge in [0.05, 0.1) is 20.9 Å². The van der Waals surface area contributed by atoms with Gasteiger partial charge in [-0.15, -0.1) is 11.3 Å². The summed E-state index contributed by atoms with van der Waals surface area (Å²) < 4.78 is 40.5. The first kappa shape index (κ1) is 21.6. The Hall–Kier alpha value is -3.20. The number of nitrogens with zero attached hydrogens (tertiary/aromatic N) is 3. The summed E-state index contributed by atoms with van der Waals surface area (Å²) in [6.07, 6.45) is 3.09. The highest BCUT2D eigenvalue weighted by Gasteiger charge is 2.31. The molecule has 1 N–H and O–H groups in total. The average Bonchev–Trinajstić information content (AvgIpc) is 3.37. The van der Waals surface area contributed by atoms with Crippen molar-refractivity contribution >= 4 is 28.3 Å².